The second-order valence-electron chi connectivity index (χ2n) is 6.03. The van der Waals surface area contributed by atoms with Gasteiger partial charge in [0.2, 0.25) is 11.1 Å². The summed E-state index contributed by atoms with van der Waals surface area (Å²) in [7, 11) is 1.67. The Morgan fingerprint density at radius 3 is 2.55 bits per heavy atom. The number of thioether (sulfide) groups is 1. The van der Waals surface area contributed by atoms with E-state index in [4.69, 9.17) is 11.6 Å². The van der Waals surface area contributed by atoms with Gasteiger partial charge in [-0.05, 0) is 42.0 Å². The Kier molecular flexibility index (Phi) is 7.05. The number of aromatic nitrogens is 3. The quantitative estimate of drug-likeness (QED) is 0.525. The monoisotopic (exact) mass is 438 g/mol. The van der Waals surface area contributed by atoms with Gasteiger partial charge in [-0.25, -0.2) is 4.98 Å². The highest BCUT2D eigenvalue weighted by atomic mass is 35.5. The first-order valence-corrected chi connectivity index (χ1v) is 9.86. The number of carbonyl (C=O) groups excluding carboxylic acids is 1. The SMILES string of the molecule is CN(Cc1ccc(OC(F)F)cc1)C(=O)CSc1n[nH]c(-c2ccc(Cl)cc2)n1. The van der Waals surface area contributed by atoms with E-state index in [2.05, 4.69) is 19.9 Å². The van der Waals surface area contributed by atoms with Gasteiger partial charge in [0.15, 0.2) is 5.82 Å². The van der Waals surface area contributed by atoms with Crippen LogP contribution in [0.25, 0.3) is 11.4 Å². The minimum Gasteiger partial charge on any atom is -0.435 e. The fourth-order valence-corrected chi connectivity index (χ4v) is 3.29. The second-order valence-corrected chi connectivity index (χ2v) is 7.41. The van der Waals surface area contributed by atoms with E-state index in [0.717, 1.165) is 11.1 Å². The number of alkyl halides is 2. The summed E-state index contributed by atoms with van der Waals surface area (Å²) in [5, 5.41) is 8.04. The molecule has 0 bridgehead atoms. The molecule has 0 aliphatic rings. The minimum absolute atomic E-state index is 0.0781. The van der Waals surface area contributed by atoms with E-state index in [-0.39, 0.29) is 17.4 Å². The maximum atomic E-state index is 12.3. The van der Waals surface area contributed by atoms with Gasteiger partial charge in [0, 0.05) is 24.2 Å². The summed E-state index contributed by atoms with van der Waals surface area (Å²) in [5.41, 5.74) is 1.65. The smallest absolute Gasteiger partial charge is 0.387 e. The van der Waals surface area contributed by atoms with Crippen molar-refractivity contribution in [2.24, 2.45) is 0 Å². The second kappa shape index (κ2) is 9.71. The number of halogens is 3. The Morgan fingerprint density at radius 2 is 1.90 bits per heavy atom. The van der Waals surface area contributed by atoms with Crippen molar-refractivity contribution < 1.29 is 18.3 Å². The van der Waals surface area contributed by atoms with Crippen molar-refractivity contribution in [2.75, 3.05) is 12.8 Å². The lowest BCUT2D eigenvalue weighted by Gasteiger charge is -2.17. The number of hydrogen-bond acceptors (Lipinski definition) is 5. The molecule has 0 aliphatic carbocycles. The van der Waals surface area contributed by atoms with Crippen LogP contribution in [-0.4, -0.2) is 45.4 Å². The predicted octanol–water partition coefficient (Wildman–Crippen LogP) is 4.48. The summed E-state index contributed by atoms with van der Waals surface area (Å²) in [6.45, 7) is -2.52. The summed E-state index contributed by atoms with van der Waals surface area (Å²) in [6, 6.07) is 13.3. The highest BCUT2D eigenvalue weighted by Gasteiger charge is 2.13. The molecule has 0 aliphatic heterocycles. The highest BCUT2D eigenvalue weighted by Crippen LogP contribution is 2.21. The van der Waals surface area contributed by atoms with Crippen molar-refractivity contribution in [3.05, 3.63) is 59.1 Å². The van der Waals surface area contributed by atoms with Crippen molar-refractivity contribution in [3.8, 4) is 17.1 Å². The lowest BCUT2D eigenvalue weighted by Crippen LogP contribution is -2.27. The average Bonchev–Trinajstić information content (AvgIpc) is 3.16. The van der Waals surface area contributed by atoms with E-state index in [1.54, 1.807) is 36.2 Å². The molecule has 0 unspecified atom stereocenters. The normalized spacial score (nSPS) is 10.9. The van der Waals surface area contributed by atoms with Crippen molar-refractivity contribution >= 4 is 29.3 Å². The van der Waals surface area contributed by atoms with E-state index >= 15 is 0 Å². The zero-order valence-electron chi connectivity index (χ0n) is 15.3. The molecule has 1 aromatic heterocycles. The maximum absolute atomic E-state index is 12.3. The molecule has 0 radical (unpaired) electrons. The molecule has 10 heteroatoms. The van der Waals surface area contributed by atoms with Gasteiger partial charge in [-0.1, -0.05) is 35.5 Å². The molecule has 0 spiro atoms. The number of hydrogen-bond donors (Lipinski definition) is 1. The number of nitrogens with one attached hydrogen (secondary N) is 1. The fraction of sp³-hybridized carbons (Fsp3) is 0.211. The van der Waals surface area contributed by atoms with Crippen LogP contribution in [0.1, 0.15) is 5.56 Å². The molecule has 1 amide bonds. The van der Waals surface area contributed by atoms with Crippen molar-refractivity contribution in [1.82, 2.24) is 20.1 Å². The number of rotatable bonds is 8. The Balaban J connectivity index is 1.50. The Morgan fingerprint density at radius 1 is 1.21 bits per heavy atom. The van der Waals surface area contributed by atoms with Gasteiger partial charge in [0.05, 0.1) is 5.75 Å². The lowest BCUT2D eigenvalue weighted by molar-refractivity contribution is -0.127. The summed E-state index contributed by atoms with van der Waals surface area (Å²) in [6.07, 6.45) is 0. The van der Waals surface area contributed by atoms with Crippen LogP contribution < -0.4 is 4.74 Å². The largest absolute Gasteiger partial charge is 0.435 e. The molecule has 29 heavy (non-hydrogen) atoms. The number of amides is 1. The van der Waals surface area contributed by atoms with E-state index < -0.39 is 6.61 Å². The Bertz CT molecular complexity index is 952. The van der Waals surface area contributed by atoms with Gasteiger partial charge in [-0.2, -0.15) is 8.78 Å². The number of benzene rings is 2. The molecule has 6 nitrogen and oxygen atoms in total. The van der Waals surface area contributed by atoms with Crippen LogP contribution in [0.15, 0.2) is 53.7 Å². The number of H-pyrrole nitrogens is 1. The average molecular weight is 439 g/mol. The van der Waals surface area contributed by atoms with Gasteiger partial charge < -0.3 is 9.64 Å². The first kappa shape index (κ1) is 21.1. The van der Waals surface area contributed by atoms with Crippen LogP contribution in [0.2, 0.25) is 5.02 Å². The van der Waals surface area contributed by atoms with Crippen LogP contribution in [0, 0.1) is 0 Å². The molecular formula is C19H17ClF2N4O2S. The molecule has 0 fully saturated rings. The van der Waals surface area contributed by atoms with Gasteiger partial charge >= 0.3 is 6.61 Å². The lowest BCUT2D eigenvalue weighted by atomic mass is 10.2. The molecule has 3 aromatic rings. The number of carbonyl (C=O) groups is 1. The molecule has 3 rings (SSSR count). The molecule has 2 aromatic carbocycles. The number of nitrogens with zero attached hydrogens (tertiary/aromatic N) is 3. The van der Waals surface area contributed by atoms with Gasteiger partial charge in [0.25, 0.3) is 0 Å². The maximum Gasteiger partial charge on any atom is 0.387 e. The van der Waals surface area contributed by atoms with Crippen molar-refractivity contribution in [1.29, 1.82) is 0 Å². The number of aromatic amines is 1. The van der Waals surface area contributed by atoms with Gasteiger partial charge in [-0.15, -0.1) is 5.10 Å². The van der Waals surface area contributed by atoms with E-state index in [0.29, 0.717) is 22.5 Å². The predicted molar refractivity (Wildman–Crippen MR) is 107 cm³/mol. The van der Waals surface area contributed by atoms with Crippen LogP contribution in [0.5, 0.6) is 5.75 Å². The zero-order valence-corrected chi connectivity index (χ0v) is 16.9. The summed E-state index contributed by atoms with van der Waals surface area (Å²) in [4.78, 5) is 18.3. The molecule has 1 heterocycles. The number of ether oxygens (including phenoxy) is 1. The standard InChI is InChI=1S/C19H17ClF2N4O2S/c1-26(10-12-2-8-15(9-3-12)28-18(21)22)16(27)11-29-19-23-17(24-25-19)13-4-6-14(20)7-5-13/h2-9,18H,10-11H2,1H3,(H,23,24,25). The third-order valence-corrected chi connectivity index (χ3v) is 4.99. The van der Waals surface area contributed by atoms with E-state index in [9.17, 15) is 13.6 Å². The summed E-state index contributed by atoms with van der Waals surface area (Å²) in [5.74, 6) is 0.729. The topological polar surface area (TPSA) is 71.1 Å². The molecule has 0 atom stereocenters. The third kappa shape index (κ3) is 6.16. The van der Waals surface area contributed by atoms with Gasteiger partial charge in [-0.3, -0.25) is 9.89 Å². The molecule has 1 N–H and O–H groups in total. The summed E-state index contributed by atoms with van der Waals surface area (Å²) < 4.78 is 28.7. The molecule has 0 saturated heterocycles. The third-order valence-electron chi connectivity index (χ3n) is 3.90. The highest BCUT2D eigenvalue weighted by molar-refractivity contribution is 7.99. The summed E-state index contributed by atoms with van der Waals surface area (Å²) >= 11 is 7.10. The van der Waals surface area contributed by atoms with Crippen LogP contribution in [-0.2, 0) is 11.3 Å². The first-order chi connectivity index (χ1) is 13.9. The Labute approximate surface area is 175 Å². The van der Waals surface area contributed by atoms with Gasteiger partial charge in [0.1, 0.15) is 5.75 Å². The van der Waals surface area contributed by atoms with Crippen molar-refractivity contribution in [2.45, 2.75) is 18.3 Å². The van der Waals surface area contributed by atoms with Crippen LogP contribution in [0.4, 0.5) is 8.78 Å². The zero-order chi connectivity index (χ0) is 20.8. The fourth-order valence-electron chi connectivity index (χ4n) is 2.42. The molecule has 152 valence electrons. The Hall–Kier alpha value is -2.65. The van der Waals surface area contributed by atoms with Crippen molar-refractivity contribution in [3.63, 3.8) is 0 Å². The minimum atomic E-state index is -2.86. The van der Waals surface area contributed by atoms with E-state index in [1.807, 2.05) is 12.1 Å². The first-order valence-electron chi connectivity index (χ1n) is 8.49. The molecular weight excluding hydrogens is 422 g/mol. The van der Waals surface area contributed by atoms with Crippen LogP contribution in [0.3, 0.4) is 0 Å². The van der Waals surface area contributed by atoms with Crippen LogP contribution >= 0.6 is 23.4 Å². The molecule has 0 saturated carbocycles. The van der Waals surface area contributed by atoms with E-state index in [1.165, 1.54) is 23.9 Å².